The number of aromatic amines is 1. The smallest absolute Gasteiger partial charge is 0.310 e. The van der Waals surface area contributed by atoms with Gasteiger partial charge in [-0.15, -0.1) is 0 Å². The van der Waals surface area contributed by atoms with Gasteiger partial charge in [0.15, 0.2) is 17.7 Å². The molecule has 1 N–H and O–H groups in total. The van der Waals surface area contributed by atoms with E-state index in [9.17, 15) is 14.9 Å². The Morgan fingerprint density at radius 1 is 1.17 bits per heavy atom. The van der Waals surface area contributed by atoms with Gasteiger partial charge in [0.2, 0.25) is 0 Å². The molecule has 7 nitrogen and oxygen atoms in total. The number of nitro benzene ring substituents is 1. The Bertz CT molecular complexity index is 936. The van der Waals surface area contributed by atoms with E-state index in [1.807, 2.05) is 0 Å². The molecule has 2 aromatic carbocycles. The average Bonchev–Trinajstić information content (AvgIpc) is 2.55. The van der Waals surface area contributed by atoms with Crippen molar-refractivity contribution in [3.05, 3.63) is 74.8 Å². The van der Waals surface area contributed by atoms with Crippen molar-refractivity contribution in [3.8, 4) is 5.75 Å². The van der Waals surface area contributed by atoms with Crippen molar-refractivity contribution < 1.29 is 9.66 Å². The van der Waals surface area contributed by atoms with E-state index < -0.39 is 11.0 Å². The molecule has 0 aliphatic rings. The zero-order chi connectivity index (χ0) is 16.4. The second-order valence-electron chi connectivity index (χ2n) is 4.95. The quantitative estimate of drug-likeness (QED) is 0.590. The van der Waals surface area contributed by atoms with Crippen LogP contribution in [0.1, 0.15) is 18.9 Å². The van der Waals surface area contributed by atoms with E-state index in [0.717, 1.165) is 0 Å². The lowest BCUT2D eigenvalue weighted by atomic mass is 10.2. The van der Waals surface area contributed by atoms with Gasteiger partial charge in [-0.3, -0.25) is 14.9 Å². The Hall–Kier alpha value is -3.22. The molecule has 0 amide bonds. The number of hydrogen-bond donors (Lipinski definition) is 1. The number of nitro groups is 1. The van der Waals surface area contributed by atoms with Crippen molar-refractivity contribution in [1.82, 2.24) is 9.97 Å². The van der Waals surface area contributed by atoms with Gasteiger partial charge in [-0.2, -0.15) is 0 Å². The van der Waals surface area contributed by atoms with Gasteiger partial charge in [0.25, 0.3) is 5.56 Å². The summed E-state index contributed by atoms with van der Waals surface area (Å²) < 4.78 is 5.62. The van der Waals surface area contributed by atoms with Crippen LogP contribution >= 0.6 is 0 Å². The molecule has 0 aliphatic heterocycles. The number of nitrogens with one attached hydrogen (secondary N) is 1. The summed E-state index contributed by atoms with van der Waals surface area (Å²) in [5.74, 6) is 0.438. The molecule has 0 saturated carbocycles. The minimum Gasteiger partial charge on any atom is -0.476 e. The number of para-hydroxylation sites is 3. The number of benzene rings is 2. The highest BCUT2D eigenvalue weighted by atomic mass is 16.6. The monoisotopic (exact) mass is 311 g/mol. The van der Waals surface area contributed by atoms with Gasteiger partial charge < -0.3 is 9.72 Å². The zero-order valence-corrected chi connectivity index (χ0v) is 12.2. The Morgan fingerprint density at radius 2 is 1.87 bits per heavy atom. The third kappa shape index (κ3) is 2.89. The van der Waals surface area contributed by atoms with E-state index in [0.29, 0.717) is 16.7 Å². The molecular formula is C16H13N3O4. The SMILES string of the molecule is C[C@@H](Oc1ccccc1[N+](=O)[O-])c1nc2ccccc2c(=O)[nH]1. The summed E-state index contributed by atoms with van der Waals surface area (Å²) in [5.41, 5.74) is 0.135. The van der Waals surface area contributed by atoms with E-state index in [4.69, 9.17) is 4.74 Å². The fraction of sp³-hybridized carbons (Fsp3) is 0.125. The Kier molecular flexibility index (Phi) is 3.76. The van der Waals surface area contributed by atoms with E-state index >= 15 is 0 Å². The van der Waals surface area contributed by atoms with E-state index in [1.165, 1.54) is 12.1 Å². The Morgan fingerprint density at radius 3 is 2.65 bits per heavy atom. The van der Waals surface area contributed by atoms with Crippen LogP contribution in [-0.2, 0) is 0 Å². The third-order valence-electron chi connectivity index (χ3n) is 3.38. The fourth-order valence-corrected chi connectivity index (χ4v) is 2.25. The maximum Gasteiger partial charge on any atom is 0.310 e. The lowest BCUT2D eigenvalue weighted by Gasteiger charge is -2.14. The maximum atomic E-state index is 12.1. The first kappa shape index (κ1) is 14.7. The van der Waals surface area contributed by atoms with E-state index in [2.05, 4.69) is 9.97 Å². The molecule has 7 heteroatoms. The summed E-state index contributed by atoms with van der Waals surface area (Å²) in [6.45, 7) is 1.67. The van der Waals surface area contributed by atoms with E-state index in [1.54, 1.807) is 43.3 Å². The van der Waals surface area contributed by atoms with Crippen LogP contribution in [0.15, 0.2) is 53.3 Å². The first-order valence-corrected chi connectivity index (χ1v) is 6.95. The fourth-order valence-electron chi connectivity index (χ4n) is 2.25. The van der Waals surface area contributed by atoms with Crippen molar-refractivity contribution in [2.24, 2.45) is 0 Å². The summed E-state index contributed by atoms with van der Waals surface area (Å²) in [7, 11) is 0. The molecule has 3 rings (SSSR count). The van der Waals surface area contributed by atoms with Gasteiger partial charge in [0.05, 0.1) is 15.8 Å². The molecule has 1 aromatic heterocycles. The number of hydrogen-bond acceptors (Lipinski definition) is 5. The molecule has 0 spiro atoms. The molecule has 0 bridgehead atoms. The molecule has 0 saturated heterocycles. The van der Waals surface area contributed by atoms with Gasteiger partial charge >= 0.3 is 5.69 Å². The van der Waals surface area contributed by atoms with Crippen molar-refractivity contribution in [1.29, 1.82) is 0 Å². The van der Waals surface area contributed by atoms with Crippen LogP contribution < -0.4 is 10.3 Å². The van der Waals surface area contributed by atoms with Crippen LogP contribution in [0.5, 0.6) is 5.75 Å². The summed E-state index contributed by atoms with van der Waals surface area (Å²) in [6.07, 6.45) is -0.645. The maximum absolute atomic E-state index is 12.1. The van der Waals surface area contributed by atoms with Crippen LogP contribution in [-0.4, -0.2) is 14.9 Å². The highest BCUT2D eigenvalue weighted by Gasteiger charge is 2.19. The second-order valence-corrected chi connectivity index (χ2v) is 4.95. The number of rotatable bonds is 4. The lowest BCUT2D eigenvalue weighted by Crippen LogP contribution is -2.16. The number of nitrogens with zero attached hydrogens (tertiary/aromatic N) is 2. The first-order chi connectivity index (χ1) is 11.1. The minimum atomic E-state index is -0.645. The largest absolute Gasteiger partial charge is 0.476 e. The van der Waals surface area contributed by atoms with Crippen molar-refractivity contribution in [2.75, 3.05) is 0 Å². The van der Waals surface area contributed by atoms with Gasteiger partial charge in [-0.25, -0.2) is 4.98 Å². The Labute approximate surface area is 130 Å². The third-order valence-corrected chi connectivity index (χ3v) is 3.38. The molecule has 0 unspecified atom stereocenters. The van der Waals surface area contributed by atoms with Crippen LogP contribution in [0.2, 0.25) is 0 Å². The summed E-state index contributed by atoms with van der Waals surface area (Å²) in [6, 6.07) is 13.0. The predicted molar refractivity (Wildman–Crippen MR) is 84.5 cm³/mol. The second kappa shape index (κ2) is 5.88. The summed E-state index contributed by atoms with van der Waals surface area (Å²) in [4.78, 5) is 29.6. The highest BCUT2D eigenvalue weighted by molar-refractivity contribution is 5.77. The number of H-pyrrole nitrogens is 1. The number of ether oxygens (including phenoxy) is 1. The molecule has 1 heterocycles. The van der Waals surface area contributed by atoms with Crippen LogP contribution in [0.3, 0.4) is 0 Å². The molecule has 1 atom stereocenters. The molecule has 116 valence electrons. The first-order valence-electron chi connectivity index (χ1n) is 6.95. The topological polar surface area (TPSA) is 98.1 Å². The molecule has 0 fully saturated rings. The molecule has 0 aliphatic carbocycles. The molecule has 0 radical (unpaired) electrons. The number of aromatic nitrogens is 2. The van der Waals surface area contributed by atoms with Crippen LogP contribution in [0.4, 0.5) is 5.69 Å². The van der Waals surface area contributed by atoms with Crippen molar-refractivity contribution >= 4 is 16.6 Å². The zero-order valence-electron chi connectivity index (χ0n) is 12.2. The highest BCUT2D eigenvalue weighted by Crippen LogP contribution is 2.29. The van der Waals surface area contributed by atoms with Crippen molar-refractivity contribution in [3.63, 3.8) is 0 Å². The molecule has 3 aromatic rings. The minimum absolute atomic E-state index is 0.126. The standard InChI is InChI=1S/C16H13N3O4/c1-10(23-14-9-5-4-8-13(14)19(21)22)15-17-12-7-3-2-6-11(12)16(20)18-15/h2-10H,1H3,(H,17,18,20)/t10-/m1/s1. The average molecular weight is 311 g/mol. The molecule has 23 heavy (non-hydrogen) atoms. The van der Waals surface area contributed by atoms with Gasteiger partial charge in [0.1, 0.15) is 0 Å². The normalized spacial score (nSPS) is 12.0. The van der Waals surface area contributed by atoms with E-state index in [-0.39, 0.29) is 17.0 Å². The van der Waals surface area contributed by atoms with Crippen LogP contribution in [0.25, 0.3) is 10.9 Å². The predicted octanol–water partition coefficient (Wildman–Crippen LogP) is 2.97. The summed E-state index contributed by atoms with van der Waals surface area (Å²) in [5, 5.41) is 11.5. The number of fused-ring (bicyclic) bond motifs is 1. The van der Waals surface area contributed by atoms with Gasteiger partial charge in [-0.05, 0) is 25.1 Å². The van der Waals surface area contributed by atoms with Crippen LogP contribution in [0, 0.1) is 10.1 Å². The Balaban J connectivity index is 1.97. The summed E-state index contributed by atoms with van der Waals surface area (Å²) >= 11 is 0. The van der Waals surface area contributed by atoms with Crippen molar-refractivity contribution in [2.45, 2.75) is 13.0 Å². The molecular weight excluding hydrogens is 298 g/mol. The van der Waals surface area contributed by atoms with Gasteiger partial charge in [-0.1, -0.05) is 24.3 Å². The lowest BCUT2D eigenvalue weighted by molar-refractivity contribution is -0.386. The van der Waals surface area contributed by atoms with Gasteiger partial charge in [0, 0.05) is 6.07 Å².